The van der Waals surface area contributed by atoms with E-state index in [-0.39, 0.29) is 5.91 Å². The van der Waals surface area contributed by atoms with E-state index in [2.05, 4.69) is 57.4 Å². The highest BCUT2D eigenvalue weighted by Gasteiger charge is 2.20. The van der Waals surface area contributed by atoms with Crippen molar-refractivity contribution >= 4 is 23.5 Å². The number of nitrogens with one attached hydrogen (secondary N) is 1. The molecule has 6 heteroatoms. The lowest BCUT2D eigenvalue weighted by atomic mass is 9.90. The van der Waals surface area contributed by atoms with Crippen molar-refractivity contribution < 1.29 is 4.79 Å². The van der Waals surface area contributed by atoms with E-state index in [1.807, 2.05) is 6.07 Å². The van der Waals surface area contributed by atoms with E-state index in [1.165, 1.54) is 30.2 Å². The predicted octanol–water partition coefficient (Wildman–Crippen LogP) is 3.94. The number of thioether (sulfide) groups is 1. The second kappa shape index (κ2) is 11.1. The van der Waals surface area contributed by atoms with E-state index >= 15 is 0 Å². The van der Waals surface area contributed by atoms with Crippen molar-refractivity contribution in [3.8, 4) is 0 Å². The normalized spacial score (nSPS) is 14.8. The molecule has 5 nitrogen and oxygen atoms in total. The molecular weight excluding hydrogens is 368 g/mol. The molecule has 2 heterocycles. The molecule has 1 aliphatic rings. The highest BCUT2D eigenvalue weighted by atomic mass is 32.2. The summed E-state index contributed by atoms with van der Waals surface area (Å²) in [4.78, 5) is 23.2. The van der Waals surface area contributed by atoms with Crippen molar-refractivity contribution in [2.45, 2.75) is 44.2 Å². The number of hydrogen-bond acceptors (Lipinski definition) is 5. The number of anilines is 1. The first-order chi connectivity index (χ1) is 13.7. The number of nitrogens with zero attached hydrogens (tertiary/aromatic N) is 3. The zero-order valence-corrected chi connectivity index (χ0v) is 17.5. The number of benzene rings is 1. The van der Waals surface area contributed by atoms with Crippen molar-refractivity contribution in [2.75, 3.05) is 30.3 Å². The van der Waals surface area contributed by atoms with Gasteiger partial charge in [-0.2, -0.15) is 0 Å². The monoisotopic (exact) mass is 398 g/mol. The maximum absolute atomic E-state index is 11.9. The van der Waals surface area contributed by atoms with Gasteiger partial charge in [0, 0.05) is 25.8 Å². The lowest BCUT2D eigenvalue weighted by Gasteiger charge is -2.33. The maximum Gasteiger partial charge on any atom is 0.230 e. The van der Waals surface area contributed by atoms with E-state index in [4.69, 9.17) is 0 Å². The number of carbonyl (C=O) groups excluding carboxylic acids is 1. The van der Waals surface area contributed by atoms with Crippen LogP contribution in [0.3, 0.4) is 0 Å². The van der Waals surface area contributed by atoms with Crippen LogP contribution in [-0.4, -0.2) is 41.3 Å². The third-order valence-electron chi connectivity index (χ3n) is 5.11. The summed E-state index contributed by atoms with van der Waals surface area (Å²) in [6.45, 7) is 4.91. The lowest BCUT2D eigenvalue weighted by molar-refractivity contribution is -0.118. The first kappa shape index (κ1) is 20.6. The summed E-state index contributed by atoms with van der Waals surface area (Å²) in [5, 5.41) is 3.61. The Morgan fingerprint density at radius 3 is 2.75 bits per heavy atom. The average molecular weight is 399 g/mol. The number of aromatic nitrogens is 2. The van der Waals surface area contributed by atoms with Crippen LogP contribution in [0.5, 0.6) is 0 Å². The summed E-state index contributed by atoms with van der Waals surface area (Å²) in [6.07, 6.45) is 7.42. The fourth-order valence-corrected chi connectivity index (χ4v) is 4.13. The molecule has 1 saturated heterocycles. The third-order valence-corrected chi connectivity index (χ3v) is 5.97. The van der Waals surface area contributed by atoms with Crippen molar-refractivity contribution in [2.24, 2.45) is 5.92 Å². The van der Waals surface area contributed by atoms with E-state index in [1.54, 1.807) is 6.20 Å². The van der Waals surface area contributed by atoms with Crippen LogP contribution in [0.15, 0.2) is 47.8 Å². The molecule has 0 saturated carbocycles. The number of hydrogen-bond donors (Lipinski definition) is 1. The number of unbranched alkanes of at least 4 members (excludes halogenated alkanes) is 1. The Kier molecular flexibility index (Phi) is 8.15. The minimum atomic E-state index is 0.0502. The first-order valence-corrected chi connectivity index (χ1v) is 11.2. The summed E-state index contributed by atoms with van der Waals surface area (Å²) < 4.78 is 0. The Labute approximate surface area is 172 Å². The number of carbonyl (C=O) groups is 1. The Balaban J connectivity index is 1.46. The van der Waals surface area contributed by atoms with Gasteiger partial charge in [0.15, 0.2) is 5.16 Å². The minimum Gasteiger partial charge on any atom is -0.356 e. The van der Waals surface area contributed by atoms with Gasteiger partial charge in [-0.25, -0.2) is 9.97 Å². The Hall–Kier alpha value is -2.08. The van der Waals surface area contributed by atoms with E-state index in [0.717, 1.165) is 50.6 Å². The SMILES string of the molecule is CCCCNC(=O)CSc1nccc(N2CCC(Cc3ccccc3)CC2)n1. The number of piperidine rings is 1. The predicted molar refractivity (Wildman–Crippen MR) is 116 cm³/mol. The van der Waals surface area contributed by atoms with Crippen LogP contribution in [0.2, 0.25) is 0 Å². The summed E-state index contributed by atoms with van der Waals surface area (Å²) in [6, 6.07) is 12.7. The van der Waals surface area contributed by atoms with Crippen LogP contribution in [-0.2, 0) is 11.2 Å². The molecule has 1 amide bonds. The molecule has 1 fully saturated rings. The van der Waals surface area contributed by atoms with Crippen LogP contribution >= 0.6 is 11.8 Å². The molecule has 0 atom stereocenters. The van der Waals surface area contributed by atoms with E-state index in [0.29, 0.717) is 10.9 Å². The van der Waals surface area contributed by atoms with Crippen LogP contribution in [0.25, 0.3) is 0 Å². The Morgan fingerprint density at radius 2 is 2.00 bits per heavy atom. The fraction of sp³-hybridized carbons (Fsp3) is 0.500. The van der Waals surface area contributed by atoms with Gasteiger partial charge in [-0.1, -0.05) is 55.4 Å². The third kappa shape index (κ3) is 6.51. The van der Waals surface area contributed by atoms with Gasteiger partial charge < -0.3 is 10.2 Å². The molecule has 0 aliphatic carbocycles. The van der Waals surface area contributed by atoms with E-state index in [9.17, 15) is 4.79 Å². The summed E-state index contributed by atoms with van der Waals surface area (Å²) >= 11 is 1.41. The molecule has 2 aromatic rings. The lowest BCUT2D eigenvalue weighted by Crippen LogP contribution is -2.35. The fourth-order valence-electron chi connectivity index (χ4n) is 3.48. The second-order valence-corrected chi connectivity index (χ2v) is 8.25. The second-order valence-electron chi connectivity index (χ2n) is 7.31. The average Bonchev–Trinajstić information content (AvgIpc) is 2.74. The van der Waals surface area contributed by atoms with Crippen LogP contribution < -0.4 is 10.2 Å². The maximum atomic E-state index is 11.9. The summed E-state index contributed by atoms with van der Waals surface area (Å²) in [5.74, 6) is 2.13. The molecule has 3 rings (SSSR count). The highest BCUT2D eigenvalue weighted by Crippen LogP contribution is 2.25. The highest BCUT2D eigenvalue weighted by molar-refractivity contribution is 7.99. The summed E-state index contributed by atoms with van der Waals surface area (Å²) in [7, 11) is 0. The molecule has 1 aromatic heterocycles. The molecule has 1 aromatic carbocycles. The molecule has 0 unspecified atom stereocenters. The van der Waals surface area contributed by atoms with Crippen LogP contribution in [0.1, 0.15) is 38.2 Å². The molecule has 0 radical (unpaired) electrons. The Morgan fingerprint density at radius 1 is 1.21 bits per heavy atom. The molecule has 28 heavy (non-hydrogen) atoms. The zero-order valence-electron chi connectivity index (χ0n) is 16.6. The molecule has 0 spiro atoms. The zero-order chi connectivity index (χ0) is 19.6. The Bertz CT molecular complexity index is 732. The molecule has 150 valence electrons. The van der Waals surface area contributed by atoms with Gasteiger partial charge in [-0.05, 0) is 43.2 Å². The smallest absolute Gasteiger partial charge is 0.230 e. The van der Waals surface area contributed by atoms with Gasteiger partial charge in [0.05, 0.1) is 5.75 Å². The van der Waals surface area contributed by atoms with E-state index < -0.39 is 0 Å². The van der Waals surface area contributed by atoms with Gasteiger partial charge in [-0.3, -0.25) is 4.79 Å². The quantitative estimate of drug-likeness (QED) is 0.394. The largest absolute Gasteiger partial charge is 0.356 e. The number of rotatable bonds is 9. The molecule has 1 N–H and O–H groups in total. The van der Waals surface area contributed by atoms with Gasteiger partial charge in [-0.15, -0.1) is 0 Å². The van der Waals surface area contributed by atoms with Crippen LogP contribution in [0.4, 0.5) is 5.82 Å². The van der Waals surface area contributed by atoms with Crippen molar-refractivity contribution in [1.82, 2.24) is 15.3 Å². The van der Waals surface area contributed by atoms with Crippen molar-refractivity contribution in [3.63, 3.8) is 0 Å². The summed E-state index contributed by atoms with van der Waals surface area (Å²) in [5.41, 5.74) is 1.43. The van der Waals surface area contributed by atoms with Gasteiger partial charge in [0.2, 0.25) is 5.91 Å². The number of amides is 1. The molecule has 1 aliphatic heterocycles. The van der Waals surface area contributed by atoms with Crippen molar-refractivity contribution in [1.29, 1.82) is 0 Å². The van der Waals surface area contributed by atoms with Crippen molar-refractivity contribution in [3.05, 3.63) is 48.2 Å². The minimum absolute atomic E-state index is 0.0502. The molecular formula is C22H30N4OS. The van der Waals surface area contributed by atoms with Gasteiger partial charge in [0.1, 0.15) is 5.82 Å². The topological polar surface area (TPSA) is 58.1 Å². The molecule has 0 bridgehead atoms. The van der Waals surface area contributed by atoms with Crippen LogP contribution in [0, 0.1) is 5.92 Å². The first-order valence-electron chi connectivity index (χ1n) is 10.3. The standard InChI is InChI=1S/C22H30N4OS/c1-2-3-12-23-21(27)17-28-22-24-13-9-20(25-22)26-14-10-19(11-15-26)16-18-7-5-4-6-8-18/h4-9,13,19H,2-3,10-12,14-17H2,1H3,(H,23,27). The van der Waals surface area contributed by atoms with Gasteiger partial charge >= 0.3 is 0 Å². The van der Waals surface area contributed by atoms with Gasteiger partial charge in [0.25, 0.3) is 0 Å².